The Hall–Kier alpha value is -3.29. The number of benzene rings is 2. The predicted octanol–water partition coefficient (Wildman–Crippen LogP) is 6.17. The maximum atomic E-state index is 12.4. The minimum atomic E-state index is -0.135. The van der Waals surface area contributed by atoms with Crippen LogP contribution in [0, 0.1) is 6.92 Å². The summed E-state index contributed by atoms with van der Waals surface area (Å²) in [5, 5.41) is 9.86. The predicted molar refractivity (Wildman–Crippen MR) is 122 cm³/mol. The van der Waals surface area contributed by atoms with Crippen molar-refractivity contribution < 1.29 is 9.32 Å². The van der Waals surface area contributed by atoms with Crippen molar-refractivity contribution >= 4 is 44.5 Å². The van der Waals surface area contributed by atoms with Crippen LogP contribution in [0.5, 0.6) is 0 Å². The van der Waals surface area contributed by atoms with Gasteiger partial charge in [0.15, 0.2) is 5.76 Å². The Morgan fingerprint density at radius 2 is 1.97 bits per heavy atom. The van der Waals surface area contributed by atoms with Gasteiger partial charge in [-0.3, -0.25) is 4.79 Å². The van der Waals surface area contributed by atoms with Gasteiger partial charge in [-0.2, -0.15) is 0 Å². The molecule has 0 unspecified atom stereocenters. The van der Waals surface area contributed by atoms with Crippen molar-refractivity contribution in [2.45, 2.75) is 13.3 Å². The fourth-order valence-corrected chi connectivity index (χ4v) is 4.89. The second kappa shape index (κ2) is 7.85. The summed E-state index contributed by atoms with van der Waals surface area (Å²) in [6.45, 7) is 2.08. The SMILES string of the molecule is Cc1ccc2nc(-c3ccc(NC(=O)Cc4cc(-c5cccs5)on4)cc3)sc2c1. The molecule has 0 atom stereocenters. The number of carbonyl (C=O) groups excluding carboxylic acids is 1. The number of thiophene rings is 1. The molecular formula is C23H17N3O2S2. The van der Waals surface area contributed by atoms with Crippen molar-refractivity contribution in [3.8, 4) is 21.2 Å². The highest BCUT2D eigenvalue weighted by Crippen LogP contribution is 2.31. The summed E-state index contributed by atoms with van der Waals surface area (Å²) in [7, 11) is 0. The highest BCUT2D eigenvalue weighted by molar-refractivity contribution is 7.21. The molecule has 3 heterocycles. The molecule has 1 N–H and O–H groups in total. The lowest BCUT2D eigenvalue weighted by Gasteiger charge is -2.04. The Morgan fingerprint density at radius 3 is 2.77 bits per heavy atom. The van der Waals surface area contributed by atoms with Crippen molar-refractivity contribution in [3.63, 3.8) is 0 Å². The van der Waals surface area contributed by atoms with E-state index >= 15 is 0 Å². The Bertz CT molecular complexity index is 1320. The second-order valence-corrected chi connectivity index (χ2v) is 8.93. The summed E-state index contributed by atoms with van der Waals surface area (Å²) in [6.07, 6.45) is 0.161. The van der Waals surface area contributed by atoms with Crippen molar-refractivity contribution in [2.75, 3.05) is 5.32 Å². The first-order valence-electron chi connectivity index (χ1n) is 9.41. The molecule has 1 amide bonds. The van der Waals surface area contributed by atoms with E-state index in [0.29, 0.717) is 11.5 Å². The number of anilines is 1. The van der Waals surface area contributed by atoms with E-state index in [1.165, 1.54) is 10.3 Å². The Labute approximate surface area is 181 Å². The largest absolute Gasteiger partial charge is 0.355 e. The van der Waals surface area contributed by atoms with Crippen LogP contribution in [0.4, 0.5) is 5.69 Å². The Kier molecular flexibility index (Phi) is 4.90. The molecule has 0 saturated carbocycles. The first-order chi connectivity index (χ1) is 14.6. The number of amides is 1. The van der Waals surface area contributed by atoms with Crippen LogP contribution in [-0.2, 0) is 11.2 Å². The van der Waals surface area contributed by atoms with Gasteiger partial charge in [-0.1, -0.05) is 17.3 Å². The van der Waals surface area contributed by atoms with Crippen molar-refractivity contribution in [2.24, 2.45) is 0 Å². The van der Waals surface area contributed by atoms with Crippen LogP contribution in [0.15, 0.2) is 70.6 Å². The van der Waals surface area contributed by atoms with Crippen molar-refractivity contribution in [3.05, 3.63) is 77.3 Å². The van der Waals surface area contributed by atoms with E-state index in [9.17, 15) is 4.79 Å². The fourth-order valence-electron chi connectivity index (χ4n) is 3.15. The van der Waals surface area contributed by atoms with E-state index in [1.54, 1.807) is 22.7 Å². The number of fused-ring (bicyclic) bond motifs is 1. The van der Waals surface area contributed by atoms with E-state index in [4.69, 9.17) is 9.51 Å². The van der Waals surface area contributed by atoms with Crippen LogP contribution < -0.4 is 5.32 Å². The zero-order chi connectivity index (χ0) is 20.5. The molecule has 0 aliphatic rings. The monoisotopic (exact) mass is 431 g/mol. The van der Waals surface area contributed by atoms with Gasteiger partial charge >= 0.3 is 0 Å². The van der Waals surface area contributed by atoms with Gasteiger partial charge in [0.05, 0.1) is 27.2 Å². The summed E-state index contributed by atoms with van der Waals surface area (Å²) in [4.78, 5) is 18.1. The molecule has 0 fully saturated rings. The highest BCUT2D eigenvalue weighted by Gasteiger charge is 2.12. The third-order valence-electron chi connectivity index (χ3n) is 4.62. The molecule has 5 rings (SSSR count). The maximum absolute atomic E-state index is 12.4. The molecular weight excluding hydrogens is 414 g/mol. The summed E-state index contributed by atoms with van der Waals surface area (Å²) < 4.78 is 6.51. The molecule has 0 aliphatic carbocycles. The molecule has 0 radical (unpaired) electrons. The molecule has 5 nitrogen and oxygen atoms in total. The van der Waals surface area contributed by atoms with E-state index in [0.717, 1.165) is 26.7 Å². The molecule has 30 heavy (non-hydrogen) atoms. The van der Waals surface area contributed by atoms with Crippen LogP contribution in [0.25, 0.3) is 31.4 Å². The minimum absolute atomic E-state index is 0.135. The molecule has 0 aliphatic heterocycles. The van der Waals surface area contributed by atoms with E-state index in [1.807, 2.05) is 53.9 Å². The lowest BCUT2D eigenvalue weighted by atomic mass is 10.2. The molecule has 0 bridgehead atoms. The van der Waals surface area contributed by atoms with Gasteiger partial charge in [0, 0.05) is 17.3 Å². The first kappa shape index (κ1) is 18.7. The van der Waals surface area contributed by atoms with Gasteiger partial charge in [-0.25, -0.2) is 4.98 Å². The quantitative estimate of drug-likeness (QED) is 0.361. The fraction of sp³-hybridized carbons (Fsp3) is 0.0870. The molecule has 0 spiro atoms. The number of hydrogen-bond acceptors (Lipinski definition) is 6. The zero-order valence-electron chi connectivity index (χ0n) is 16.1. The van der Waals surface area contributed by atoms with Gasteiger partial charge in [0.25, 0.3) is 0 Å². The highest BCUT2D eigenvalue weighted by atomic mass is 32.1. The number of hydrogen-bond donors (Lipinski definition) is 1. The van der Waals surface area contributed by atoms with Crippen molar-refractivity contribution in [1.29, 1.82) is 0 Å². The van der Waals surface area contributed by atoms with Crippen LogP contribution >= 0.6 is 22.7 Å². The van der Waals surface area contributed by atoms with Crippen LogP contribution in [0.1, 0.15) is 11.3 Å². The molecule has 7 heteroatoms. The third kappa shape index (κ3) is 3.90. The van der Waals surface area contributed by atoms with E-state index in [-0.39, 0.29) is 12.3 Å². The normalized spacial score (nSPS) is 11.1. The third-order valence-corrected chi connectivity index (χ3v) is 6.58. The van der Waals surface area contributed by atoms with Gasteiger partial charge in [-0.05, 0) is 60.3 Å². The summed E-state index contributed by atoms with van der Waals surface area (Å²) >= 11 is 3.24. The van der Waals surface area contributed by atoms with Gasteiger partial charge < -0.3 is 9.84 Å². The standard InChI is InChI=1S/C23H17N3O2S2/c1-14-4-9-18-21(11-14)30-23(25-18)15-5-7-16(8-6-15)24-22(27)13-17-12-19(28-26-17)20-3-2-10-29-20/h2-12H,13H2,1H3,(H,24,27). The van der Waals surface area contributed by atoms with E-state index < -0.39 is 0 Å². The summed E-state index contributed by atoms with van der Waals surface area (Å²) in [6, 6.07) is 19.7. The zero-order valence-corrected chi connectivity index (χ0v) is 17.7. The Balaban J connectivity index is 1.26. The van der Waals surface area contributed by atoms with Crippen LogP contribution in [0.3, 0.4) is 0 Å². The van der Waals surface area contributed by atoms with Crippen LogP contribution in [-0.4, -0.2) is 16.0 Å². The number of aromatic nitrogens is 2. The molecule has 3 aromatic heterocycles. The Morgan fingerprint density at radius 1 is 1.10 bits per heavy atom. The molecule has 0 saturated heterocycles. The average Bonchev–Trinajstić information content (AvgIpc) is 3.48. The average molecular weight is 432 g/mol. The molecule has 148 valence electrons. The topological polar surface area (TPSA) is 68.0 Å². The van der Waals surface area contributed by atoms with E-state index in [2.05, 4.69) is 29.5 Å². The van der Waals surface area contributed by atoms with Crippen LogP contribution in [0.2, 0.25) is 0 Å². The number of aryl methyl sites for hydroxylation is 1. The summed E-state index contributed by atoms with van der Waals surface area (Å²) in [5.41, 5.74) is 4.61. The smallest absolute Gasteiger partial charge is 0.230 e. The minimum Gasteiger partial charge on any atom is -0.355 e. The lowest BCUT2D eigenvalue weighted by Crippen LogP contribution is -2.14. The number of carbonyl (C=O) groups is 1. The van der Waals surface area contributed by atoms with Gasteiger partial charge in [-0.15, -0.1) is 22.7 Å². The van der Waals surface area contributed by atoms with Gasteiger partial charge in [0.2, 0.25) is 5.91 Å². The maximum Gasteiger partial charge on any atom is 0.230 e. The number of nitrogens with one attached hydrogen (secondary N) is 1. The second-order valence-electron chi connectivity index (χ2n) is 6.95. The first-order valence-corrected chi connectivity index (χ1v) is 11.1. The number of nitrogens with zero attached hydrogens (tertiary/aromatic N) is 2. The lowest BCUT2D eigenvalue weighted by molar-refractivity contribution is -0.115. The molecule has 5 aromatic rings. The van der Waals surface area contributed by atoms with Gasteiger partial charge in [0.1, 0.15) is 5.01 Å². The summed E-state index contributed by atoms with van der Waals surface area (Å²) in [5.74, 6) is 0.549. The van der Waals surface area contributed by atoms with Crippen molar-refractivity contribution in [1.82, 2.24) is 10.1 Å². The molecule has 2 aromatic carbocycles. The number of rotatable bonds is 5. The number of thiazole rings is 1.